The molecule has 2 unspecified atom stereocenters. The Morgan fingerprint density at radius 1 is 1.29 bits per heavy atom. The second-order valence-corrected chi connectivity index (χ2v) is 4.19. The summed E-state index contributed by atoms with van der Waals surface area (Å²) in [5.41, 5.74) is 0. The van der Waals surface area contributed by atoms with E-state index in [0.717, 1.165) is 6.42 Å². The van der Waals surface area contributed by atoms with Crippen LogP contribution in [0.4, 0.5) is 13.2 Å². The first-order valence-corrected chi connectivity index (χ1v) is 5.29. The maximum Gasteiger partial charge on any atom is 0.389 e. The molecule has 0 aliphatic heterocycles. The van der Waals surface area contributed by atoms with Crippen molar-refractivity contribution in [3.8, 4) is 0 Å². The standard InChI is InChI=1S/C10H18F3N/c1-8-4-2-5-9(8)14-7-3-6-10(11,12)13/h8-9,14H,2-7H2,1H3. The fourth-order valence-corrected chi connectivity index (χ4v) is 2.02. The minimum absolute atomic E-state index is 0.201. The summed E-state index contributed by atoms with van der Waals surface area (Å²) < 4.78 is 35.4. The molecule has 0 aromatic rings. The van der Waals surface area contributed by atoms with E-state index in [1.807, 2.05) is 0 Å². The van der Waals surface area contributed by atoms with Gasteiger partial charge >= 0.3 is 6.18 Å². The van der Waals surface area contributed by atoms with Crippen LogP contribution in [-0.4, -0.2) is 18.8 Å². The molecule has 0 amide bonds. The molecule has 1 aliphatic carbocycles. The number of halogens is 3. The summed E-state index contributed by atoms with van der Waals surface area (Å²) in [4.78, 5) is 0. The van der Waals surface area contributed by atoms with E-state index in [-0.39, 0.29) is 6.42 Å². The van der Waals surface area contributed by atoms with E-state index in [2.05, 4.69) is 12.2 Å². The van der Waals surface area contributed by atoms with Gasteiger partial charge in [0, 0.05) is 12.5 Å². The van der Waals surface area contributed by atoms with Crippen molar-refractivity contribution >= 4 is 0 Å². The average Bonchev–Trinajstić information content (AvgIpc) is 2.44. The molecule has 0 spiro atoms. The Kier molecular flexibility index (Phi) is 4.23. The summed E-state index contributed by atoms with van der Waals surface area (Å²) >= 11 is 0. The van der Waals surface area contributed by atoms with Gasteiger partial charge in [0.1, 0.15) is 0 Å². The number of nitrogens with one attached hydrogen (secondary N) is 1. The van der Waals surface area contributed by atoms with Crippen molar-refractivity contribution in [1.82, 2.24) is 5.32 Å². The van der Waals surface area contributed by atoms with Gasteiger partial charge in [-0.3, -0.25) is 0 Å². The lowest BCUT2D eigenvalue weighted by Gasteiger charge is -2.17. The monoisotopic (exact) mass is 209 g/mol. The first-order valence-electron chi connectivity index (χ1n) is 5.29. The molecule has 1 saturated carbocycles. The van der Waals surface area contributed by atoms with Gasteiger partial charge in [-0.15, -0.1) is 0 Å². The summed E-state index contributed by atoms with van der Waals surface area (Å²) in [5, 5.41) is 3.20. The Bertz CT molecular complexity index is 167. The molecule has 0 saturated heterocycles. The first kappa shape index (κ1) is 11.8. The SMILES string of the molecule is CC1CCCC1NCCCC(F)(F)F. The fourth-order valence-electron chi connectivity index (χ4n) is 2.02. The summed E-state index contributed by atoms with van der Waals surface area (Å²) in [6.07, 6.45) is -0.932. The largest absolute Gasteiger partial charge is 0.389 e. The van der Waals surface area contributed by atoms with Crippen molar-refractivity contribution in [3.63, 3.8) is 0 Å². The number of rotatable bonds is 4. The second-order valence-electron chi connectivity index (χ2n) is 4.19. The van der Waals surface area contributed by atoms with Gasteiger partial charge in [-0.25, -0.2) is 0 Å². The molecule has 0 aromatic heterocycles. The van der Waals surface area contributed by atoms with E-state index in [9.17, 15) is 13.2 Å². The minimum Gasteiger partial charge on any atom is -0.314 e. The van der Waals surface area contributed by atoms with Crippen LogP contribution in [0.1, 0.15) is 39.0 Å². The lowest BCUT2D eigenvalue weighted by atomic mass is 10.1. The predicted molar refractivity (Wildman–Crippen MR) is 50.1 cm³/mol. The van der Waals surface area contributed by atoms with Crippen LogP contribution in [-0.2, 0) is 0 Å². The highest BCUT2D eigenvalue weighted by atomic mass is 19.4. The van der Waals surface area contributed by atoms with Crippen molar-refractivity contribution in [3.05, 3.63) is 0 Å². The molecule has 0 heterocycles. The third-order valence-corrected chi connectivity index (χ3v) is 2.91. The van der Waals surface area contributed by atoms with Crippen molar-refractivity contribution in [1.29, 1.82) is 0 Å². The minimum atomic E-state index is -4.00. The smallest absolute Gasteiger partial charge is 0.314 e. The molecule has 1 nitrogen and oxygen atoms in total. The highest BCUT2D eigenvalue weighted by Gasteiger charge is 2.27. The average molecular weight is 209 g/mol. The molecule has 84 valence electrons. The van der Waals surface area contributed by atoms with E-state index in [1.165, 1.54) is 12.8 Å². The summed E-state index contributed by atoms with van der Waals surface area (Å²) in [6, 6.07) is 0.447. The van der Waals surface area contributed by atoms with Gasteiger partial charge in [0.15, 0.2) is 0 Å². The van der Waals surface area contributed by atoms with Crippen LogP contribution in [0.5, 0.6) is 0 Å². The van der Waals surface area contributed by atoms with Gasteiger partial charge < -0.3 is 5.32 Å². The molecule has 0 aromatic carbocycles. The van der Waals surface area contributed by atoms with Crippen LogP contribution in [0.2, 0.25) is 0 Å². The van der Waals surface area contributed by atoms with Gasteiger partial charge in [-0.05, 0) is 31.7 Å². The zero-order valence-corrected chi connectivity index (χ0v) is 8.53. The molecule has 1 rings (SSSR count). The molecule has 0 bridgehead atoms. The predicted octanol–water partition coefficient (Wildman–Crippen LogP) is 3.11. The summed E-state index contributed by atoms with van der Waals surface area (Å²) in [5.74, 6) is 0.626. The van der Waals surface area contributed by atoms with Gasteiger partial charge in [-0.1, -0.05) is 13.3 Å². The fraction of sp³-hybridized carbons (Fsp3) is 1.00. The third kappa shape index (κ3) is 4.31. The number of hydrogen-bond acceptors (Lipinski definition) is 1. The van der Waals surface area contributed by atoms with E-state index in [4.69, 9.17) is 0 Å². The van der Waals surface area contributed by atoms with Crippen LogP contribution in [0.3, 0.4) is 0 Å². The number of hydrogen-bond donors (Lipinski definition) is 1. The zero-order chi connectivity index (χ0) is 10.6. The van der Waals surface area contributed by atoms with Gasteiger partial charge in [0.2, 0.25) is 0 Å². The molecular weight excluding hydrogens is 191 g/mol. The normalized spacial score (nSPS) is 28.3. The van der Waals surface area contributed by atoms with Crippen molar-refractivity contribution in [2.24, 2.45) is 5.92 Å². The van der Waals surface area contributed by atoms with E-state index >= 15 is 0 Å². The summed E-state index contributed by atoms with van der Waals surface area (Å²) in [6.45, 7) is 2.66. The Balaban J connectivity index is 2.04. The molecule has 0 radical (unpaired) electrons. The van der Waals surface area contributed by atoms with E-state index < -0.39 is 12.6 Å². The highest BCUT2D eigenvalue weighted by Crippen LogP contribution is 2.25. The highest BCUT2D eigenvalue weighted by molar-refractivity contribution is 4.79. The summed E-state index contributed by atoms with van der Waals surface area (Å²) in [7, 11) is 0. The Morgan fingerprint density at radius 3 is 2.50 bits per heavy atom. The Hall–Kier alpha value is -0.250. The molecule has 2 atom stereocenters. The van der Waals surface area contributed by atoms with Crippen LogP contribution in [0.25, 0.3) is 0 Å². The second kappa shape index (κ2) is 5.01. The Labute approximate surface area is 83.1 Å². The molecular formula is C10H18F3N. The number of alkyl halides is 3. The quantitative estimate of drug-likeness (QED) is 0.701. The van der Waals surface area contributed by atoms with Crippen molar-refractivity contribution in [2.45, 2.75) is 51.2 Å². The topological polar surface area (TPSA) is 12.0 Å². The van der Waals surface area contributed by atoms with Crippen molar-refractivity contribution < 1.29 is 13.2 Å². The lowest BCUT2D eigenvalue weighted by molar-refractivity contribution is -0.135. The molecule has 1 N–H and O–H groups in total. The van der Waals surface area contributed by atoms with Crippen LogP contribution < -0.4 is 5.32 Å². The van der Waals surface area contributed by atoms with Crippen LogP contribution in [0.15, 0.2) is 0 Å². The van der Waals surface area contributed by atoms with E-state index in [0.29, 0.717) is 18.5 Å². The molecule has 4 heteroatoms. The Morgan fingerprint density at radius 2 is 2.00 bits per heavy atom. The van der Waals surface area contributed by atoms with E-state index in [1.54, 1.807) is 0 Å². The molecule has 1 fully saturated rings. The van der Waals surface area contributed by atoms with Crippen LogP contribution >= 0.6 is 0 Å². The van der Waals surface area contributed by atoms with Gasteiger partial charge in [-0.2, -0.15) is 13.2 Å². The molecule has 1 aliphatic rings. The first-order chi connectivity index (χ1) is 6.49. The van der Waals surface area contributed by atoms with Gasteiger partial charge in [0.05, 0.1) is 0 Å². The lowest BCUT2D eigenvalue weighted by Crippen LogP contribution is -2.32. The molecule has 14 heavy (non-hydrogen) atoms. The maximum absolute atomic E-state index is 11.8. The van der Waals surface area contributed by atoms with Crippen LogP contribution in [0, 0.1) is 5.92 Å². The maximum atomic E-state index is 11.8. The van der Waals surface area contributed by atoms with Gasteiger partial charge in [0.25, 0.3) is 0 Å². The third-order valence-electron chi connectivity index (χ3n) is 2.91. The van der Waals surface area contributed by atoms with Crippen molar-refractivity contribution in [2.75, 3.05) is 6.54 Å². The zero-order valence-electron chi connectivity index (χ0n) is 8.53.